The third kappa shape index (κ3) is 3.27. The number of fused-ring (bicyclic) bond motifs is 1. The van der Waals surface area contributed by atoms with E-state index in [4.69, 9.17) is 9.47 Å². The second-order valence-corrected chi connectivity index (χ2v) is 6.92. The van der Waals surface area contributed by atoms with Gasteiger partial charge in [-0.3, -0.25) is 4.57 Å². The molecule has 0 radical (unpaired) electrons. The summed E-state index contributed by atoms with van der Waals surface area (Å²) in [6.07, 6.45) is 1.09. The maximum atomic E-state index is 10.3. The minimum absolute atomic E-state index is 0.163. The number of nitrogens with zero attached hydrogens (tertiary/aromatic N) is 5. The van der Waals surface area contributed by atoms with Crippen molar-refractivity contribution in [1.82, 2.24) is 19.5 Å². The molecule has 0 amide bonds. The summed E-state index contributed by atoms with van der Waals surface area (Å²) < 4.78 is 12.9. The van der Waals surface area contributed by atoms with Crippen molar-refractivity contribution in [3.05, 3.63) is 12.7 Å². The highest BCUT2D eigenvalue weighted by Crippen LogP contribution is 2.33. The normalized spacial score (nSPS) is 31.7. The van der Waals surface area contributed by atoms with Crippen LogP contribution >= 0.6 is 0 Å². The van der Waals surface area contributed by atoms with Gasteiger partial charge in [-0.25, -0.2) is 15.0 Å². The lowest BCUT2D eigenvalue weighted by atomic mass is 10.1. The topological polar surface area (TPSA) is 126 Å². The highest BCUT2D eigenvalue weighted by molar-refractivity contribution is 5.83. The monoisotopic (exact) mass is 379 g/mol. The van der Waals surface area contributed by atoms with E-state index >= 15 is 0 Å². The van der Waals surface area contributed by atoms with Crippen LogP contribution in [0.15, 0.2) is 12.7 Å². The summed E-state index contributed by atoms with van der Waals surface area (Å²) in [4.78, 5) is 15.3. The Labute approximate surface area is 156 Å². The van der Waals surface area contributed by atoms with Crippen LogP contribution in [0.25, 0.3) is 11.2 Å². The standard InChI is InChI=1S/C17H25N5O5/c1-2-26-10-4-3-5-21(6-10)15-12-16(19-8-18-15)22(9-20-12)17-14(25)13(24)11(7-23)27-17/h8-11,13-14,17,23-25H,2-7H2,1H3/t10?,11-,13-,14-,17-/m1/s1. The van der Waals surface area contributed by atoms with Gasteiger partial charge in [0.25, 0.3) is 0 Å². The van der Waals surface area contributed by atoms with E-state index in [1.807, 2.05) is 6.92 Å². The van der Waals surface area contributed by atoms with Crippen molar-refractivity contribution >= 4 is 17.0 Å². The predicted molar refractivity (Wildman–Crippen MR) is 95.2 cm³/mol. The fraction of sp³-hybridized carbons (Fsp3) is 0.706. The lowest BCUT2D eigenvalue weighted by Gasteiger charge is -2.33. The van der Waals surface area contributed by atoms with Gasteiger partial charge in [-0.05, 0) is 19.8 Å². The van der Waals surface area contributed by atoms with Crippen molar-refractivity contribution in [2.45, 2.75) is 50.4 Å². The Hall–Kier alpha value is -1.85. The molecule has 3 N–H and O–H groups in total. The van der Waals surface area contributed by atoms with Gasteiger partial charge in [-0.1, -0.05) is 0 Å². The van der Waals surface area contributed by atoms with Gasteiger partial charge in [0.15, 0.2) is 23.2 Å². The third-order valence-electron chi connectivity index (χ3n) is 5.21. The minimum Gasteiger partial charge on any atom is -0.394 e. The van der Waals surface area contributed by atoms with E-state index in [1.54, 1.807) is 4.57 Å². The Morgan fingerprint density at radius 1 is 1.26 bits per heavy atom. The number of ether oxygens (including phenoxy) is 2. The average molecular weight is 379 g/mol. The number of hydrogen-bond donors (Lipinski definition) is 3. The molecule has 4 rings (SSSR count). The van der Waals surface area contributed by atoms with Crippen LogP contribution in [0.3, 0.4) is 0 Å². The lowest BCUT2D eigenvalue weighted by Crippen LogP contribution is -2.40. The van der Waals surface area contributed by atoms with Gasteiger partial charge in [0, 0.05) is 19.7 Å². The Morgan fingerprint density at radius 2 is 2.11 bits per heavy atom. The van der Waals surface area contributed by atoms with E-state index in [0.29, 0.717) is 17.8 Å². The number of aromatic nitrogens is 4. The van der Waals surface area contributed by atoms with Crippen LogP contribution in [0.4, 0.5) is 5.82 Å². The molecule has 1 unspecified atom stereocenters. The van der Waals surface area contributed by atoms with Crippen molar-refractivity contribution in [3.63, 3.8) is 0 Å². The number of imidazole rings is 1. The number of hydrogen-bond acceptors (Lipinski definition) is 9. The van der Waals surface area contributed by atoms with Crippen molar-refractivity contribution in [2.24, 2.45) is 0 Å². The van der Waals surface area contributed by atoms with Gasteiger partial charge in [0.1, 0.15) is 24.6 Å². The number of aliphatic hydroxyl groups excluding tert-OH is 3. The molecule has 2 aliphatic heterocycles. The Bertz CT molecular complexity index is 784. The van der Waals surface area contributed by atoms with Crippen molar-refractivity contribution in [2.75, 3.05) is 31.2 Å². The summed E-state index contributed by atoms with van der Waals surface area (Å²) in [5, 5.41) is 29.6. The van der Waals surface area contributed by atoms with Crippen LogP contribution in [-0.4, -0.2) is 85.6 Å². The molecule has 2 aliphatic rings. The molecule has 10 heteroatoms. The van der Waals surface area contributed by atoms with Gasteiger partial charge in [-0.2, -0.15) is 0 Å². The highest BCUT2D eigenvalue weighted by Gasteiger charge is 2.44. The maximum Gasteiger partial charge on any atom is 0.167 e. The van der Waals surface area contributed by atoms with Crippen molar-refractivity contribution < 1.29 is 24.8 Å². The van der Waals surface area contributed by atoms with Gasteiger partial charge in [0.05, 0.1) is 19.0 Å². The number of piperidine rings is 1. The van der Waals surface area contributed by atoms with Crippen molar-refractivity contribution in [3.8, 4) is 0 Å². The van der Waals surface area contributed by atoms with E-state index < -0.39 is 24.5 Å². The lowest BCUT2D eigenvalue weighted by molar-refractivity contribution is -0.0511. The second-order valence-electron chi connectivity index (χ2n) is 6.92. The van der Waals surface area contributed by atoms with E-state index in [9.17, 15) is 15.3 Å². The molecule has 0 aromatic carbocycles. The summed E-state index contributed by atoms with van der Waals surface area (Å²) in [5.41, 5.74) is 1.11. The quantitative estimate of drug-likeness (QED) is 0.627. The first-order valence-corrected chi connectivity index (χ1v) is 9.30. The number of rotatable bonds is 5. The van der Waals surface area contributed by atoms with E-state index in [1.165, 1.54) is 12.7 Å². The molecule has 27 heavy (non-hydrogen) atoms. The Morgan fingerprint density at radius 3 is 2.85 bits per heavy atom. The summed E-state index contributed by atoms with van der Waals surface area (Å²) in [5.74, 6) is 0.717. The molecule has 5 atom stereocenters. The molecule has 2 fully saturated rings. The summed E-state index contributed by atoms with van der Waals surface area (Å²) in [7, 11) is 0. The SMILES string of the molecule is CCOC1CCCN(c2ncnc3c2ncn3[C@@H]2O[C@H](CO)[C@@H](O)[C@H]2O)C1. The zero-order valence-corrected chi connectivity index (χ0v) is 15.2. The number of anilines is 1. The second kappa shape index (κ2) is 7.64. The molecular weight excluding hydrogens is 354 g/mol. The first kappa shape index (κ1) is 18.5. The summed E-state index contributed by atoms with van der Waals surface area (Å²) >= 11 is 0. The van der Waals surface area contributed by atoms with Crippen LogP contribution in [0.2, 0.25) is 0 Å². The third-order valence-corrected chi connectivity index (χ3v) is 5.21. The zero-order chi connectivity index (χ0) is 19.0. The highest BCUT2D eigenvalue weighted by atomic mass is 16.6. The van der Waals surface area contributed by atoms with Crippen LogP contribution in [0.1, 0.15) is 26.0 Å². The molecular formula is C17H25N5O5. The molecule has 2 saturated heterocycles. The molecule has 0 aliphatic carbocycles. The fourth-order valence-corrected chi connectivity index (χ4v) is 3.87. The Balaban J connectivity index is 1.64. The van der Waals surface area contributed by atoms with Crippen LogP contribution in [0, 0.1) is 0 Å². The summed E-state index contributed by atoms with van der Waals surface area (Å²) in [6.45, 7) is 3.88. The molecule has 2 aromatic rings. The molecule has 2 aromatic heterocycles. The van der Waals surface area contributed by atoms with Crippen LogP contribution in [-0.2, 0) is 9.47 Å². The van der Waals surface area contributed by atoms with Crippen molar-refractivity contribution in [1.29, 1.82) is 0 Å². The summed E-state index contributed by atoms with van der Waals surface area (Å²) in [6, 6.07) is 0. The first-order valence-electron chi connectivity index (χ1n) is 9.30. The molecule has 0 saturated carbocycles. The number of aliphatic hydroxyl groups is 3. The largest absolute Gasteiger partial charge is 0.394 e. The zero-order valence-electron chi connectivity index (χ0n) is 15.2. The van der Waals surface area contributed by atoms with Crippen LogP contribution in [0.5, 0.6) is 0 Å². The van der Waals surface area contributed by atoms with Crippen LogP contribution < -0.4 is 4.90 Å². The fourth-order valence-electron chi connectivity index (χ4n) is 3.87. The molecule has 4 heterocycles. The average Bonchev–Trinajstić information content (AvgIpc) is 3.23. The smallest absolute Gasteiger partial charge is 0.167 e. The molecule has 0 bridgehead atoms. The Kier molecular flexibility index (Phi) is 5.24. The van der Waals surface area contributed by atoms with Gasteiger partial charge >= 0.3 is 0 Å². The molecule has 0 spiro atoms. The maximum absolute atomic E-state index is 10.3. The predicted octanol–water partition coefficient (Wildman–Crippen LogP) is -0.557. The van der Waals surface area contributed by atoms with Gasteiger partial charge < -0.3 is 29.7 Å². The van der Waals surface area contributed by atoms with Gasteiger partial charge in [0.2, 0.25) is 0 Å². The van der Waals surface area contributed by atoms with E-state index in [0.717, 1.165) is 31.7 Å². The minimum atomic E-state index is -1.18. The van der Waals surface area contributed by atoms with Gasteiger partial charge in [-0.15, -0.1) is 0 Å². The van der Waals surface area contributed by atoms with E-state index in [2.05, 4.69) is 19.9 Å². The van der Waals surface area contributed by atoms with E-state index in [-0.39, 0.29) is 12.7 Å². The first-order chi connectivity index (χ1) is 13.1. The molecule has 10 nitrogen and oxygen atoms in total. The molecule has 148 valence electrons.